The molecule has 0 radical (unpaired) electrons. The Labute approximate surface area is 189 Å². The molecule has 0 saturated heterocycles. The van der Waals surface area contributed by atoms with E-state index in [2.05, 4.69) is 10.7 Å². The maximum absolute atomic E-state index is 13.4. The van der Waals surface area contributed by atoms with Gasteiger partial charge < -0.3 is 5.32 Å². The Balaban J connectivity index is 1.57. The number of rotatable bonds is 6. The number of hydrazine groups is 1. The van der Waals surface area contributed by atoms with Gasteiger partial charge in [0.05, 0.1) is 17.0 Å². The number of anilines is 2. The fourth-order valence-electron chi connectivity index (χ4n) is 3.52. The van der Waals surface area contributed by atoms with E-state index in [1.165, 1.54) is 37.3 Å². The molecule has 1 aliphatic heterocycles. The van der Waals surface area contributed by atoms with Crippen molar-refractivity contribution in [3.05, 3.63) is 89.0 Å². The summed E-state index contributed by atoms with van der Waals surface area (Å²) in [5, 5.41) is 2.62. The smallest absolute Gasteiger partial charge is 0.277 e. The van der Waals surface area contributed by atoms with Gasteiger partial charge in [-0.3, -0.25) is 9.59 Å². The Kier molecular flexibility index (Phi) is 5.96. The first-order chi connectivity index (χ1) is 15.6. The second-order valence-electron chi connectivity index (χ2n) is 7.53. The van der Waals surface area contributed by atoms with Gasteiger partial charge in [-0.2, -0.15) is 12.8 Å². The lowest BCUT2D eigenvalue weighted by Crippen LogP contribution is -2.38. The van der Waals surface area contributed by atoms with Crippen molar-refractivity contribution in [2.75, 3.05) is 9.73 Å². The topological polar surface area (TPSA) is 95.6 Å². The first-order valence-electron chi connectivity index (χ1n) is 9.91. The van der Waals surface area contributed by atoms with Crippen LogP contribution in [0.4, 0.5) is 20.2 Å². The van der Waals surface area contributed by atoms with Crippen molar-refractivity contribution in [1.82, 2.24) is 5.43 Å². The molecule has 33 heavy (non-hydrogen) atoms. The Hall–Kier alpha value is -3.63. The number of ketones is 1. The van der Waals surface area contributed by atoms with Crippen molar-refractivity contribution in [2.24, 2.45) is 0 Å². The Morgan fingerprint density at radius 3 is 2.45 bits per heavy atom. The van der Waals surface area contributed by atoms with Gasteiger partial charge in [-0.25, -0.2) is 14.2 Å². The molecule has 0 aromatic heterocycles. The van der Waals surface area contributed by atoms with Crippen molar-refractivity contribution >= 4 is 33.1 Å². The lowest BCUT2D eigenvalue weighted by molar-refractivity contribution is -0.115. The molecule has 0 atom stereocenters. The average molecular weight is 471 g/mol. The summed E-state index contributed by atoms with van der Waals surface area (Å²) in [5.74, 6) is -2.34. The number of benzene rings is 3. The van der Waals surface area contributed by atoms with Gasteiger partial charge in [0.25, 0.3) is 10.0 Å². The number of amides is 1. The van der Waals surface area contributed by atoms with Crippen LogP contribution in [0.5, 0.6) is 0 Å². The highest BCUT2D eigenvalue weighted by Gasteiger charge is 2.31. The molecule has 0 spiro atoms. The largest absolute Gasteiger partial charge is 0.326 e. The number of hydrogen-bond donors (Lipinski definition) is 2. The number of hydrogen-bond acceptors (Lipinski definition) is 5. The molecule has 1 amide bonds. The molecule has 1 aliphatic rings. The standard InChI is InChI=1S/C23H19F2N3O4S/c1-14(29)16-3-2-4-21(10-16)33(31,32)28-22-12-20(6-5-17(22)13-26-28)27-23(30)9-15-7-18(24)11-19(25)8-15/h2-8,10-12,26H,9,13H2,1H3,(H,27,30). The predicted molar refractivity (Wildman–Crippen MR) is 118 cm³/mol. The van der Waals surface area contributed by atoms with Crippen LogP contribution >= 0.6 is 0 Å². The Morgan fingerprint density at radius 2 is 1.76 bits per heavy atom. The zero-order valence-electron chi connectivity index (χ0n) is 17.4. The van der Waals surface area contributed by atoms with Crippen LogP contribution in [0.1, 0.15) is 28.4 Å². The molecule has 3 aromatic rings. The highest BCUT2D eigenvalue weighted by molar-refractivity contribution is 7.92. The van der Waals surface area contributed by atoms with Crippen LogP contribution in [0.2, 0.25) is 0 Å². The van der Waals surface area contributed by atoms with Crippen LogP contribution in [0.15, 0.2) is 65.6 Å². The van der Waals surface area contributed by atoms with Gasteiger partial charge in [0.2, 0.25) is 5.91 Å². The quantitative estimate of drug-likeness (QED) is 0.536. The number of halogens is 2. The van der Waals surface area contributed by atoms with Gasteiger partial charge in [0.1, 0.15) is 11.6 Å². The molecule has 2 N–H and O–H groups in total. The fraction of sp³-hybridized carbons (Fsp3) is 0.130. The number of sulfonamides is 1. The normalized spacial score (nSPS) is 13.0. The maximum Gasteiger partial charge on any atom is 0.277 e. The van der Waals surface area contributed by atoms with E-state index in [-0.39, 0.29) is 34.8 Å². The van der Waals surface area contributed by atoms with E-state index in [1.54, 1.807) is 12.1 Å². The van der Waals surface area contributed by atoms with Crippen LogP contribution < -0.4 is 15.2 Å². The van der Waals surface area contributed by atoms with Crippen LogP contribution in [0, 0.1) is 11.6 Å². The van der Waals surface area contributed by atoms with Crippen molar-refractivity contribution in [3.63, 3.8) is 0 Å². The third-order valence-electron chi connectivity index (χ3n) is 5.07. The van der Waals surface area contributed by atoms with Crippen molar-refractivity contribution in [2.45, 2.75) is 24.8 Å². The molecule has 1 heterocycles. The van der Waals surface area contributed by atoms with Gasteiger partial charge in [-0.1, -0.05) is 18.2 Å². The fourth-order valence-corrected chi connectivity index (χ4v) is 4.92. The monoisotopic (exact) mass is 471 g/mol. The van der Waals surface area contributed by atoms with E-state index >= 15 is 0 Å². The zero-order valence-corrected chi connectivity index (χ0v) is 18.2. The van der Waals surface area contributed by atoms with Crippen molar-refractivity contribution in [3.8, 4) is 0 Å². The number of Topliss-reactive ketones (excluding diaryl/α,β-unsaturated/α-hetero) is 1. The number of carbonyl (C=O) groups excluding carboxylic acids is 2. The van der Waals surface area contributed by atoms with Crippen molar-refractivity contribution < 1.29 is 26.8 Å². The molecule has 170 valence electrons. The zero-order chi connectivity index (χ0) is 23.8. The molecular weight excluding hydrogens is 452 g/mol. The van der Waals surface area contributed by atoms with Crippen LogP contribution in [-0.2, 0) is 27.8 Å². The molecule has 0 bridgehead atoms. The lowest BCUT2D eigenvalue weighted by atomic mass is 10.1. The van der Waals surface area contributed by atoms with Crippen LogP contribution in [0.3, 0.4) is 0 Å². The molecule has 4 rings (SSSR count). The molecule has 0 fully saturated rings. The van der Waals surface area contributed by atoms with Gasteiger partial charge in [-0.05, 0) is 54.4 Å². The summed E-state index contributed by atoms with van der Waals surface area (Å²) in [6.45, 7) is 1.60. The molecule has 0 unspecified atom stereocenters. The van der Waals surface area contributed by atoms with E-state index < -0.39 is 27.6 Å². The van der Waals surface area contributed by atoms with E-state index in [9.17, 15) is 26.8 Å². The predicted octanol–water partition coefficient (Wildman–Crippen LogP) is 3.56. The first-order valence-corrected chi connectivity index (χ1v) is 11.3. The highest BCUT2D eigenvalue weighted by atomic mass is 32.2. The van der Waals surface area contributed by atoms with E-state index in [1.807, 2.05) is 0 Å². The summed E-state index contributed by atoms with van der Waals surface area (Å²) >= 11 is 0. The summed E-state index contributed by atoms with van der Waals surface area (Å²) < 4.78 is 54.1. The second kappa shape index (κ2) is 8.72. The summed E-state index contributed by atoms with van der Waals surface area (Å²) in [6, 6.07) is 13.3. The minimum atomic E-state index is -4.04. The summed E-state index contributed by atoms with van der Waals surface area (Å²) in [6.07, 6.45) is -0.260. The third kappa shape index (κ3) is 4.76. The SMILES string of the molecule is CC(=O)c1cccc(S(=O)(=O)N2NCc3ccc(NC(=O)Cc4cc(F)cc(F)c4)cc32)c1. The summed E-state index contributed by atoms with van der Waals surface area (Å²) in [5.41, 5.74) is 4.57. The molecule has 7 nitrogen and oxygen atoms in total. The first kappa shape index (κ1) is 22.6. The second-order valence-corrected chi connectivity index (χ2v) is 9.32. The number of carbonyl (C=O) groups is 2. The molecule has 0 saturated carbocycles. The summed E-state index contributed by atoms with van der Waals surface area (Å²) in [7, 11) is -4.04. The Bertz CT molecular complexity index is 1360. The molecule has 10 heteroatoms. The maximum atomic E-state index is 13.4. The minimum absolute atomic E-state index is 0.0573. The average Bonchev–Trinajstić information content (AvgIpc) is 3.17. The highest BCUT2D eigenvalue weighted by Crippen LogP contribution is 2.33. The van der Waals surface area contributed by atoms with E-state index in [0.717, 1.165) is 22.6 Å². The minimum Gasteiger partial charge on any atom is -0.326 e. The molecule has 0 aliphatic carbocycles. The van der Waals surface area contributed by atoms with Gasteiger partial charge in [0, 0.05) is 23.9 Å². The van der Waals surface area contributed by atoms with E-state index in [0.29, 0.717) is 16.9 Å². The van der Waals surface area contributed by atoms with Crippen LogP contribution in [-0.4, -0.2) is 20.1 Å². The van der Waals surface area contributed by atoms with E-state index in [4.69, 9.17) is 0 Å². The van der Waals surface area contributed by atoms with Crippen LogP contribution in [0.25, 0.3) is 0 Å². The number of fused-ring (bicyclic) bond motifs is 1. The third-order valence-corrected chi connectivity index (χ3v) is 6.72. The van der Waals surface area contributed by atoms with Crippen molar-refractivity contribution in [1.29, 1.82) is 0 Å². The lowest BCUT2D eigenvalue weighted by Gasteiger charge is -2.20. The number of nitrogens with zero attached hydrogens (tertiary/aromatic N) is 1. The summed E-state index contributed by atoms with van der Waals surface area (Å²) in [4.78, 5) is 24.0. The molecule has 3 aromatic carbocycles. The Morgan fingerprint density at radius 1 is 1.03 bits per heavy atom. The molecular formula is C23H19F2N3O4S. The van der Waals surface area contributed by atoms with Gasteiger partial charge in [-0.15, -0.1) is 0 Å². The van der Waals surface area contributed by atoms with Gasteiger partial charge >= 0.3 is 0 Å². The van der Waals surface area contributed by atoms with Gasteiger partial charge in [0.15, 0.2) is 5.78 Å². The number of nitrogens with one attached hydrogen (secondary N) is 2.